The number of rotatable bonds is 3. The maximum absolute atomic E-state index is 11.6. The first-order chi connectivity index (χ1) is 9.21. The summed E-state index contributed by atoms with van der Waals surface area (Å²) in [5, 5.41) is 3.56. The van der Waals surface area contributed by atoms with Crippen LogP contribution in [-0.4, -0.2) is 18.4 Å². The number of carbonyl (C=O) groups excluding carboxylic acids is 1. The van der Waals surface area contributed by atoms with E-state index >= 15 is 0 Å². The number of Topliss-reactive ketones (excluding diaryl/α,β-unsaturated/α-hetero) is 1. The van der Waals surface area contributed by atoms with Crippen molar-refractivity contribution in [2.24, 2.45) is 23.2 Å². The van der Waals surface area contributed by atoms with Crippen molar-refractivity contribution < 1.29 is 4.79 Å². The van der Waals surface area contributed by atoms with Crippen LogP contribution in [0.25, 0.3) is 0 Å². The number of hydrogen-bond acceptors (Lipinski definition) is 2. The average Bonchev–Trinajstić information content (AvgIpc) is 2.35. The Morgan fingerprint density at radius 3 is 2.26 bits per heavy atom. The Morgan fingerprint density at radius 2 is 1.68 bits per heavy atom. The summed E-state index contributed by atoms with van der Waals surface area (Å²) in [4.78, 5) is 11.6. The van der Waals surface area contributed by atoms with Gasteiger partial charge in [-0.05, 0) is 74.5 Å². The van der Waals surface area contributed by atoms with Crippen LogP contribution in [0.3, 0.4) is 0 Å². The summed E-state index contributed by atoms with van der Waals surface area (Å²) in [6.07, 6.45) is 13.4. The van der Waals surface area contributed by atoms with Gasteiger partial charge < -0.3 is 5.32 Å². The lowest BCUT2D eigenvalue weighted by Gasteiger charge is -2.57. The molecule has 5 rings (SSSR count). The molecule has 0 aromatic rings. The summed E-state index contributed by atoms with van der Waals surface area (Å²) in [6, 6.07) is 0.495. The topological polar surface area (TPSA) is 29.1 Å². The fraction of sp³-hybridized carbons (Fsp3) is 0.941. The van der Waals surface area contributed by atoms with Crippen LogP contribution in [0.5, 0.6) is 0 Å². The van der Waals surface area contributed by atoms with Crippen molar-refractivity contribution in [2.75, 3.05) is 6.54 Å². The quantitative estimate of drug-likeness (QED) is 0.844. The summed E-state index contributed by atoms with van der Waals surface area (Å²) in [5.41, 5.74) is 0.691. The van der Waals surface area contributed by atoms with Crippen LogP contribution in [0, 0.1) is 23.2 Å². The van der Waals surface area contributed by atoms with E-state index in [9.17, 15) is 4.79 Å². The van der Waals surface area contributed by atoms with Gasteiger partial charge >= 0.3 is 0 Å². The number of hydrogen-bond donors (Lipinski definition) is 1. The predicted molar refractivity (Wildman–Crippen MR) is 75.9 cm³/mol. The molecule has 19 heavy (non-hydrogen) atoms. The minimum atomic E-state index is 0.481. The van der Waals surface area contributed by atoms with Crippen molar-refractivity contribution >= 4 is 5.78 Å². The molecule has 4 aliphatic carbocycles. The van der Waals surface area contributed by atoms with Crippen LogP contribution in [0.1, 0.15) is 64.2 Å². The van der Waals surface area contributed by atoms with E-state index in [-0.39, 0.29) is 0 Å². The molecule has 0 aromatic carbocycles. The van der Waals surface area contributed by atoms with Gasteiger partial charge in [-0.25, -0.2) is 0 Å². The van der Waals surface area contributed by atoms with Gasteiger partial charge in [0.25, 0.3) is 0 Å². The van der Waals surface area contributed by atoms with E-state index in [0.29, 0.717) is 17.2 Å². The molecule has 0 amide bonds. The molecule has 106 valence electrons. The highest BCUT2D eigenvalue weighted by atomic mass is 16.1. The second-order valence-corrected chi connectivity index (χ2v) is 8.10. The Kier molecular flexibility index (Phi) is 2.98. The van der Waals surface area contributed by atoms with E-state index in [4.69, 9.17) is 0 Å². The third-order valence-corrected chi connectivity index (χ3v) is 6.50. The SMILES string of the molecule is O=C1CCNC(CCC23CC4CC(CC(C4)C2)C3)C1. The maximum atomic E-state index is 11.6. The molecule has 4 saturated carbocycles. The largest absolute Gasteiger partial charge is 0.313 e. The molecule has 5 fully saturated rings. The fourth-order valence-electron chi connectivity index (χ4n) is 6.15. The third kappa shape index (κ3) is 2.37. The molecule has 1 atom stereocenters. The molecule has 5 aliphatic rings. The first kappa shape index (κ1) is 12.4. The van der Waals surface area contributed by atoms with Gasteiger partial charge in [-0.3, -0.25) is 4.79 Å². The van der Waals surface area contributed by atoms with Crippen molar-refractivity contribution in [1.29, 1.82) is 0 Å². The van der Waals surface area contributed by atoms with Crippen molar-refractivity contribution in [3.05, 3.63) is 0 Å². The van der Waals surface area contributed by atoms with E-state index in [1.54, 1.807) is 19.3 Å². The molecule has 0 aromatic heterocycles. The van der Waals surface area contributed by atoms with Crippen LogP contribution in [0.2, 0.25) is 0 Å². The Labute approximate surface area is 116 Å². The van der Waals surface area contributed by atoms with E-state index in [2.05, 4.69) is 5.32 Å². The van der Waals surface area contributed by atoms with Crippen molar-refractivity contribution in [2.45, 2.75) is 70.3 Å². The van der Waals surface area contributed by atoms with Gasteiger partial charge in [-0.1, -0.05) is 0 Å². The summed E-state index contributed by atoms with van der Waals surface area (Å²) in [5.74, 6) is 3.67. The molecule has 0 radical (unpaired) electrons. The Bertz CT molecular complexity index is 340. The van der Waals surface area contributed by atoms with Crippen molar-refractivity contribution in [1.82, 2.24) is 5.32 Å². The van der Waals surface area contributed by atoms with Crippen LogP contribution in [-0.2, 0) is 4.79 Å². The van der Waals surface area contributed by atoms with Crippen molar-refractivity contribution in [3.8, 4) is 0 Å². The van der Waals surface area contributed by atoms with Gasteiger partial charge in [0.2, 0.25) is 0 Å². The third-order valence-electron chi connectivity index (χ3n) is 6.50. The second kappa shape index (κ2) is 4.58. The standard InChI is InChI=1S/C17H27NO/c19-16-2-4-18-15(8-16)1-3-17-9-12-5-13(10-17)7-14(6-12)11-17/h12-15,18H,1-11H2. The zero-order valence-electron chi connectivity index (χ0n) is 12.0. The molecule has 1 saturated heterocycles. The van der Waals surface area contributed by atoms with Gasteiger partial charge in [0.05, 0.1) is 0 Å². The Morgan fingerprint density at radius 1 is 1.05 bits per heavy atom. The monoisotopic (exact) mass is 261 g/mol. The van der Waals surface area contributed by atoms with Gasteiger partial charge in [-0.2, -0.15) is 0 Å². The zero-order valence-corrected chi connectivity index (χ0v) is 12.0. The number of nitrogens with one attached hydrogen (secondary N) is 1. The fourth-order valence-corrected chi connectivity index (χ4v) is 6.15. The molecule has 1 heterocycles. The zero-order chi connectivity index (χ0) is 12.9. The van der Waals surface area contributed by atoms with Gasteiger partial charge in [0.1, 0.15) is 5.78 Å². The second-order valence-electron chi connectivity index (χ2n) is 8.10. The lowest BCUT2D eigenvalue weighted by molar-refractivity contribution is -0.120. The molecular formula is C17H27NO. The van der Waals surface area contributed by atoms with E-state index in [1.165, 1.54) is 32.1 Å². The normalized spacial score (nSPS) is 48.7. The molecule has 1 N–H and O–H groups in total. The van der Waals surface area contributed by atoms with Gasteiger partial charge in [-0.15, -0.1) is 0 Å². The number of piperidine rings is 1. The molecule has 2 nitrogen and oxygen atoms in total. The molecular weight excluding hydrogens is 234 g/mol. The van der Waals surface area contributed by atoms with Gasteiger partial charge in [0.15, 0.2) is 0 Å². The van der Waals surface area contributed by atoms with Crippen LogP contribution < -0.4 is 5.32 Å². The summed E-state index contributed by atoms with van der Waals surface area (Å²) in [6.45, 7) is 0.921. The summed E-state index contributed by atoms with van der Waals surface area (Å²) >= 11 is 0. The van der Waals surface area contributed by atoms with E-state index in [0.717, 1.165) is 37.1 Å². The molecule has 2 heteroatoms. The molecule has 1 aliphatic heterocycles. The van der Waals surface area contributed by atoms with Crippen LogP contribution in [0.15, 0.2) is 0 Å². The smallest absolute Gasteiger partial charge is 0.135 e. The number of ketones is 1. The summed E-state index contributed by atoms with van der Waals surface area (Å²) in [7, 11) is 0. The minimum Gasteiger partial charge on any atom is -0.313 e. The maximum Gasteiger partial charge on any atom is 0.135 e. The predicted octanol–water partition coefficient (Wildman–Crippen LogP) is 3.30. The lowest BCUT2D eigenvalue weighted by Crippen LogP contribution is -2.47. The highest BCUT2D eigenvalue weighted by Crippen LogP contribution is 2.61. The lowest BCUT2D eigenvalue weighted by atomic mass is 9.48. The van der Waals surface area contributed by atoms with E-state index in [1.807, 2.05) is 0 Å². The molecule has 1 unspecified atom stereocenters. The molecule has 4 bridgehead atoms. The van der Waals surface area contributed by atoms with Crippen LogP contribution >= 0.6 is 0 Å². The highest BCUT2D eigenvalue weighted by Gasteiger charge is 2.50. The summed E-state index contributed by atoms with van der Waals surface area (Å²) < 4.78 is 0. The minimum absolute atomic E-state index is 0.481. The number of carbonyl (C=O) groups is 1. The average molecular weight is 261 g/mol. The highest BCUT2D eigenvalue weighted by molar-refractivity contribution is 5.79. The van der Waals surface area contributed by atoms with E-state index < -0.39 is 0 Å². The van der Waals surface area contributed by atoms with Crippen LogP contribution in [0.4, 0.5) is 0 Å². The Balaban J connectivity index is 1.38. The molecule has 0 spiro atoms. The van der Waals surface area contributed by atoms with Crippen molar-refractivity contribution in [3.63, 3.8) is 0 Å². The first-order valence-electron chi connectivity index (χ1n) is 8.46. The Hall–Kier alpha value is -0.370. The van der Waals surface area contributed by atoms with Gasteiger partial charge in [0, 0.05) is 25.4 Å². The first-order valence-corrected chi connectivity index (χ1v) is 8.46.